The number of hydrogen-bond donors (Lipinski definition) is 1. The highest BCUT2D eigenvalue weighted by molar-refractivity contribution is 7.18. The van der Waals surface area contributed by atoms with Crippen LogP contribution in [0.15, 0.2) is 57.7 Å². The Labute approximate surface area is 167 Å². The van der Waals surface area contributed by atoms with E-state index in [-0.39, 0.29) is 22.1 Å². The molecule has 0 unspecified atom stereocenters. The molecule has 2 aromatic carbocycles. The van der Waals surface area contributed by atoms with Crippen molar-refractivity contribution in [2.45, 2.75) is 6.92 Å². The Kier molecular flexibility index (Phi) is 5.05. The van der Waals surface area contributed by atoms with E-state index in [1.165, 1.54) is 12.1 Å². The van der Waals surface area contributed by atoms with Crippen LogP contribution in [0.1, 0.15) is 17.3 Å². The van der Waals surface area contributed by atoms with Crippen LogP contribution in [0.4, 0.5) is 9.52 Å². The number of nitrogens with zero attached hydrogens (tertiary/aromatic N) is 2. The van der Waals surface area contributed by atoms with Crippen LogP contribution in [0.3, 0.4) is 0 Å². The van der Waals surface area contributed by atoms with E-state index in [0.29, 0.717) is 28.3 Å². The first-order valence-corrected chi connectivity index (χ1v) is 9.46. The van der Waals surface area contributed by atoms with Crippen molar-refractivity contribution in [1.82, 2.24) is 10.2 Å². The second-order valence-electron chi connectivity index (χ2n) is 5.94. The summed E-state index contributed by atoms with van der Waals surface area (Å²) in [6, 6.07) is 11.8. The Morgan fingerprint density at radius 1 is 1.17 bits per heavy atom. The lowest BCUT2D eigenvalue weighted by atomic mass is 10.1. The van der Waals surface area contributed by atoms with E-state index in [1.54, 1.807) is 30.3 Å². The third-order valence-corrected chi connectivity index (χ3v) is 4.90. The van der Waals surface area contributed by atoms with Crippen molar-refractivity contribution in [1.29, 1.82) is 0 Å². The third-order valence-electron chi connectivity index (χ3n) is 4.01. The van der Waals surface area contributed by atoms with Gasteiger partial charge in [0, 0.05) is 23.1 Å². The largest absolute Gasteiger partial charge is 0.494 e. The first-order chi connectivity index (χ1) is 14.0. The topological polar surface area (TPSA) is 94.3 Å². The number of aromatic nitrogens is 2. The first-order valence-electron chi connectivity index (χ1n) is 8.65. The number of carbonyl (C=O) groups excluding carboxylic acids is 1. The molecule has 4 aromatic rings. The maximum Gasteiger partial charge on any atom is 0.337 e. The molecule has 0 saturated heterocycles. The van der Waals surface area contributed by atoms with Crippen LogP contribution >= 0.6 is 11.3 Å². The normalized spacial score (nSPS) is 10.8. The molecule has 0 spiro atoms. The zero-order chi connectivity index (χ0) is 20.4. The minimum absolute atomic E-state index is 0.151. The Morgan fingerprint density at radius 2 is 1.97 bits per heavy atom. The van der Waals surface area contributed by atoms with Gasteiger partial charge in [-0.15, -0.1) is 10.2 Å². The molecular weight excluding hydrogens is 397 g/mol. The molecule has 0 aliphatic heterocycles. The molecule has 4 rings (SSSR count). The van der Waals surface area contributed by atoms with Crippen LogP contribution in [0.25, 0.3) is 21.5 Å². The summed E-state index contributed by atoms with van der Waals surface area (Å²) in [7, 11) is 0. The van der Waals surface area contributed by atoms with Gasteiger partial charge < -0.3 is 9.15 Å². The molecular formula is C20H14FN3O4S. The second-order valence-corrected chi connectivity index (χ2v) is 6.92. The van der Waals surface area contributed by atoms with Gasteiger partial charge in [0.25, 0.3) is 5.91 Å². The van der Waals surface area contributed by atoms with E-state index in [4.69, 9.17) is 9.15 Å². The molecule has 1 amide bonds. The van der Waals surface area contributed by atoms with Crippen LogP contribution in [-0.2, 0) is 0 Å². The molecule has 9 heteroatoms. The Bertz CT molecular complexity index is 1250. The Balaban J connectivity index is 1.62. The maximum atomic E-state index is 13.1. The molecule has 1 N–H and O–H groups in total. The van der Waals surface area contributed by atoms with Gasteiger partial charge >= 0.3 is 5.63 Å². The van der Waals surface area contributed by atoms with Gasteiger partial charge in [-0.05, 0) is 43.3 Å². The Hall–Kier alpha value is -3.59. The summed E-state index contributed by atoms with van der Waals surface area (Å²) < 4.78 is 23.7. The fraction of sp³-hybridized carbons (Fsp3) is 0.100. The number of rotatable bonds is 5. The van der Waals surface area contributed by atoms with Gasteiger partial charge in [-0.2, -0.15) is 0 Å². The van der Waals surface area contributed by atoms with E-state index in [1.807, 2.05) is 6.92 Å². The summed E-state index contributed by atoms with van der Waals surface area (Å²) in [5.74, 6) is -0.336. The highest BCUT2D eigenvalue weighted by Crippen LogP contribution is 2.28. The minimum Gasteiger partial charge on any atom is -0.494 e. The highest BCUT2D eigenvalue weighted by atomic mass is 32.1. The molecule has 2 aromatic heterocycles. The number of anilines is 1. The van der Waals surface area contributed by atoms with Crippen molar-refractivity contribution in [3.05, 3.63) is 70.3 Å². The van der Waals surface area contributed by atoms with Crippen LogP contribution in [0.5, 0.6) is 5.75 Å². The van der Waals surface area contributed by atoms with Gasteiger partial charge in [-0.1, -0.05) is 11.3 Å². The Morgan fingerprint density at radius 3 is 2.72 bits per heavy atom. The number of ether oxygens (including phenoxy) is 1. The lowest BCUT2D eigenvalue weighted by Gasteiger charge is -2.07. The van der Waals surface area contributed by atoms with Crippen molar-refractivity contribution in [3.8, 4) is 16.3 Å². The highest BCUT2D eigenvalue weighted by Gasteiger charge is 2.16. The third kappa shape index (κ3) is 3.99. The number of hydrogen-bond acceptors (Lipinski definition) is 7. The number of benzene rings is 2. The summed E-state index contributed by atoms with van der Waals surface area (Å²) in [6.45, 7) is 2.30. The zero-order valence-corrected chi connectivity index (χ0v) is 16.0. The monoisotopic (exact) mass is 411 g/mol. The molecule has 0 aliphatic carbocycles. The van der Waals surface area contributed by atoms with Crippen molar-refractivity contribution >= 4 is 33.3 Å². The van der Waals surface area contributed by atoms with E-state index in [9.17, 15) is 14.0 Å². The predicted octanol–water partition coefficient (Wildman–Crippen LogP) is 4.10. The zero-order valence-electron chi connectivity index (χ0n) is 15.1. The average molecular weight is 411 g/mol. The molecule has 0 bridgehead atoms. The molecule has 0 aliphatic rings. The van der Waals surface area contributed by atoms with Crippen LogP contribution in [0.2, 0.25) is 0 Å². The van der Waals surface area contributed by atoms with E-state index < -0.39 is 11.5 Å². The fourth-order valence-electron chi connectivity index (χ4n) is 2.73. The SMILES string of the molecule is CCOc1ccc2c(C(=O)Nc3nnc(-c4ccc(F)cc4)s3)cc(=O)oc2c1. The standard InChI is InChI=1S/C20H14FN3O4S/c1-2-27-13-7-8-14-15(10-17(25)28-16(14)9-13)18(26)22-20-24-23-19(29-20)11-3-5-12(21)6-4-11/h3-10H,2H2,1H3,(H,22,24,26). The van der Waals surface area contributed by atoms with Crippen LogP contribution < -0.4 is 15.7 Å². The predicted molar refractivity (Wildman–Crippen MR) is 107 cm³/mol. The van der Waals surface area contributed by atoms with Gasteiger partial charge in [0.15, 0.2) is 0 Å². The van der Waals surface area contributed by atoms with Crippen LogP contribution in [0, 0.1) is 5.82 Å². The maximum absolute atomic E-state index is 13.1. The first kappa shape index (κ1) is 18.8. The van der Waals surface area contributed by atoms with Gasteiger partial charge in [-0.25, -0.2) is 9.18 Å². The molecule has 0 fully saturated rings. The number of fused-ring (bicyclic) bond motifs is 1. The van der Waals surface area contributed by atoms with E-state index >= 15 is 0 Å². The smallest absolute Gasteiger partial charge is 0.337 e. The fourth-order valence-corrected chi connectivity index (χ4v) is 3.48. The van der Waals surface area contributed by atoms with Crippen molar-refractivity contribution in [2.24, 2.45) is 0 Å². The van der Waals surface area contributed by atoms with Crippen LogP contribution in [-0.4, -0.2) is 22.7 Å². The van der Waals surface area contributed by atoms with Crippen molar-refractivity contribution in [3.63, 3.8) is 0 Å². The minimum atomic E-state index is -0.652. The summed E-state index contributed by atoms with van der Waals surface area (Å²) in [5, 5.41) is 11.8. The molecule has 7 nitrogen and oxygen atoms in total. The second kappa shape index (κ2) is 7.80. The summed E-state index contributed by atoms with van der Waals surface area (Å²) in [4.78, 5) is 24.7. The van der Waals surface area contributed by atoms with E-state index in [0.717, 1.165) is 17.4 Å². The molecule has 0 atom stereocenters. The number of amides is 1. The number of halogens is 1. The lowest BCUT2D eigenvalue weighted by Crippen LogP contribution is -2.15. The summed E-state index contributed by atoms with van der Waals surface area (Å²) in [5.41, 5.74) is 0.426. The van der Waals surface area contributed by atoms with E-state index in [2.05, 4.69) is 15.5 Å². The molecule has 0 radical (unpaired) electrons. The quantitative estimate of drug-likeness (QED) is 0.497. The molecule has 146 valence electrons. The summed E-state index contributed by atoms with van der Waals surface area (Å²) >= 11 is 1.14. The van der Waals surface area contributed by atoms with Gasteiger partial charge in [0.1, 0.15) is 22.2 Å². The van der Waals surface area contributed by atoms with Gasteiger partial charge in [0.05, 0.1) is 12.2 Å². The number of nitrogens with one attached hydrogen (secondary N) is 1. The van der Waals surface area contributed by atoms with Gasteiger partial charge in [0.2, 0.25) is 5.13 Å². The van der Waals surface area contributed by atoms with Crippen molar-refractivity contribution in [2.75, 3.05) is 11.9 Å². The number of carbonyl (C=O) groups is 1. The lowest BCUT2D eigenvalue weighted by molar-refractivity contribution is 0.102. The summed E-state index contributed by atoms with van der Waals surface area (Å²) in [6.07, 6.45) is 0. The van der Waals surface area contributed by atoms with Crippen molar-refractivity contribution < 1.29 is 18.3 Å². The van der Waals surface area contributed by atoms with Gasteiger partial charge in [-0.3, -0.25) is 10.1 Å². The molecule has 2 heterocycles. The average Bonchev–Trinajstić information content (AvgIpc) is 3.16. The molecule has 0 saturated carbocycles. The molecule has 29 heavy (non-hydrogen) atoms.